The fourth-order valence-corrected chi connectivity index (χ4v) is 3.78. The van der Waals surface area contributed by atoms with Gasteiger partial charge < -0.3 is 5.73 Å². The number of benzene rings is 1. The molecule has 0 bridgehead atoms. The summed E-state index contributed by atoms with van der Waals surface area (Å²) in [6, 6.07) is 6.81. The van der Waals surface area contributed by atoms with Gasteiger partial charge in [0.1, 0.15) is 4.99 Å². The second-order valence-electron chi connectivity index (χ2n) is 4.20. The third-order valence-electron chi connectivity index (χ3n) is 2.46. The van der Waals surface area contributed by atoms with Crippen molar-refractivity contribution in [1.29, 1.82) is 0 Å². The van der Waals surface area contributed by atoms with Crippen molar-refractivity contribution in [2.24, 2.45) is 5.73 Å². The first-order valence-corrected chi connectivity index (χ1v) is 8.55. The van der Waals surface area contributed by atoms with E-state index in [1.807, 2.05) is 6.92 Å². The van der Waals surface area contributed by atoms with E-state index in [2.05, 4.69) is 9.71 Å². The summed E-state index contributed by atoms with van der Waals surface area (Å²) in [6.07, 6.45) is 1.62. The number of sulfonamides is 1. The molecule has 1 aromatic carbocycles. The highest BCUT2D eigenvalue weighted by atomic mass is 32.2. The number of nitrogens with one attached hydrogen (secondary N) is 1. The predicted molar refractivity (Wildman–Crippen MR) is 85.4 cm³/mol. The number of rotatable bonds is 5. The first kappa shape index (κ1) is 14.9. The molecule has 0 saturated carbocycles. The lowest BCUT2D eigenvalue weighted by atomic mass is 10.1. The van der Waals surface area contributed by atoms with Gasteiger partial charge >= 0.3 is 0 Å². The zero-order chi connectivity index (χ0) is 14.8. The molecular weight excluding hydrogens is 314 g/mol. The summed E-state index contributed by atoms with van der Waals surface area (Å²) in [7, 11) is -3.47. The van der Waals surface area contributed by atoms with Gasteiger partial charge in [-0.3, -0.25) is 4.72 Å². The van der Waals surface area contributed by atoms with E-state index in [-0.39, 0.29) is 10.7 Å². The van der Waals surface area contributed by atoms with Crippen LogP contribution in [0.2, 0.25) is 0 Å². The fraction of sp³-hybridized carbons (Fsp3) is 0.167. The number of nitrogens with two attached hydrogens (primary N) is 1. The molecule has 0 spiro atoms. The molecule has 1 aromatic heterocycles. The van der Waals surface area contributed by atoms with Gasteiger partial charge in [-0.1, -0.05) is 36.5 Å². The van der Waals surface area contributed by atoms with Crippen molar-refractivity contribution in [2.45, 2.75) is 12.7 Å². The van der Waals surface area contributed by atoms with Gasteiger partial charge in [0.2, 0.25) is 10.0 Å². The normalized spacial score (nSPS) is 11.2. The van der Waals surface area contributed by atoms with E-state index in [9.17, 15) is 8.42 Å². The van der Waals surface area contributed by atoms with Crippen LogP contribution in [-0.2, 0) is 15.8 Å². The zero-order valence-electron chi connectivity index (χ0n) is 10.7. The number of hydrogen-bond donors (Lipinski definition) is 2. The molecule has 0 atom stereocenters. The van der Waals surface area contributed by atoms with E-state index in [1.54, 1.807) is 30.5 Å². The molecule has 0 amide bonds. The van der Waals surface area contributed by atoms with Crippen LogP contribution < -0.4 is 10.5 Å². The predicted octanol–water partition coefficient (Wildman–Crippen LogP) is 2.03. The van der Waals surface area contributed by atoms with Crippen molar-refractivity contribution >= 4 is 43.7 Å². The van der Waals surface area contributed by atoms with E-state index in [1.165, 1.54) is 11.3 Å². The van der Waals surface area contributed by atoms with Gasteiger partial charge in [0.15, 0.2) is 5.13 Å². The summed E-state index contributed by atoms with van der Waals surface area (Å²) in [5.74, 6) is -0.122. The highest BCUT2D eigenvalue weighted by molar-refractivity contribution is 7.92. The maximum absolute atomic E-state index is 12.0. The van der Waals surface area contributed by atoms with Crippen LogP contribution in [0, 0.1) is 6.92 Å². The Morgan fingerprint density at radius 1 is 1.40 bits per heavy atom. The largest absolute Gasteiger partial charge is 0.389 e. The molecule has 106 valence electrons. The van der Waals surface area contributed by atoms with Crippen LogP contribution in [-0.4, -0.2) is 18.4 Å². The van der Waals surface area contributed by atoms with Crippen molar-refractivity contribution < 1.29 is 8.42 Å². The molecule has 3 N–H and O–H groups in total. The second-order valence-corrected chi connectivity index (χ2v) is 7.60. The van der Waals surface area contributed by atoms with Gasteiger partial charge in [-0.15, -0.1) is 11.3 Å². The standard InChI is InChI=1S/C12H13N3O2S3/c1-8-6-14-12(19-8)15-20(16,17)7-9-2-4-10(5-3-9)11(13)18/h2-6H,7H2,1H3,(H2,13,18)(H,14,15). The zero-order valence-corrected chi connectivity index (χ0v) is 13.1. The summed E-state index contributed by atoms with van der Waals surface area (Å²) < 4.78 is 26.5. The van der Waals surface area contributed by atoms with Crippen LogP contribution in [0.5, 0.6) is 0 Å². The molecule has 2 rings (SSSR count). The number of hydrogen-bond acceptors (Lipinski definition) is 5. The van der Waals surface area contributed by atoms with Crippen molar-refractivity contribution in [3.8, 4) is 0 Å². The molecular formula is C12H13N3O2S3. The Hall–Kier alpha value is -1.51. The Kier molecular flexibility index (Phi) is 4.36. The average molecular weight is 327 g/mol. The van der Waals surface area contributed by atoms with E-state index >= 15 is 0 Å². The smallest absolute Gasteiger partial charge is 0.238 e. The summed E-state index contributed by atoms with van der Waals surface area (Å²) >= 11 is 6.14. The Labute approximate surface area is 126 Å². The van der Waals surface area contributed by atoms with Gasteiger partial charge in [0, 0.05) is 16.6 Å². The quantitative estimate of drug-likeness (QED) is 0.821. The third kappa shape index (κ3) is 3.99. The molecule has 2 aromatic rings. The topological polar surface area (TPSA) is 85.1 Å². The highest BCUT2D eigenvalue weighted by Crippen LogP contribution is 2.19. The van der Waals surface area contributed by atoms with Gasteiger partial charge in [0.25, 0.3) is 0 Å². The highest BCUT2D eigenvalue weighted by Gasteiger charge is 2.13. The molecule has 8 heteroatoms. The molecule has 0 aliphatic heterocycles. The maximum atomic E-state index is 12.0. The number of thiazole rings is 1. The fourth-order valence-electron chi connectivity index (χ4n) is 1.56. The minimum atomic E-state index is -3.47. The number of nitrogens with zero attached hydrogens (tertiary/aromatic N) is 1. The number of aryl methyl sites for hydroxylation is 1. The van der Waals surface area contributed by atoms with Crippen LogP contribution in [0.4, 0.5) is 5.13 Å². The van der Waals surface area contributed by atoms with Crippen molar-refractivity contribution in [2.75, 3.05) is 4.72 Å². The molecule has 20 heavy (non-hydrogen) atoms. The monoisotopic (exact) mass is 327 g/mol. The summed E-state index contributed by atoms with van der Waals surface area (Å²) in [4.78, 5) is 5.21. The van der Waals surface area contributed by atoms with Crippen LogP contribution in [0.15, 0.2) is 30.5 Å². The van der Waals surface area contributed by atoms with Gasteiger partial charge in [-0.25, -0.2) is 13.4 Å². The molecule has 5 nitrogen and oxygen atoms in total. The van der Waals surface area contributed by atoms with Crippen molar-refractivity contribution in [3.05, 3.63) is 46.5 Å². The van der Waals surface area contributed by atoms with Gasteiger partial charge in [0.05, 0.1) is 5.75 Å². The van der Waals surface area contributed by atoms with E-state index < -0.39 is 10.0 Å². The Morgan fingerprint density at radius 3 is 2.55 bits per heavy atom. The molecule has 0 fully saturated rings. The third-order valence-corrected chi connectivity index (χ3v) is 4.87. The van der Waals surface area contributed by atoms with Crippen molar-refractivity contribution in [3.63, 3.8) is 0 Å². The summed E-state index contributed by atoms with van der Waals surface area (Å²) in [5, 5.41) is 0.377. The molecule has 1 heterocycles. The first-order chi connectivity index (χ1) is 9.35. The molecule has 0 aliphatic rings. The average Bonchev–Trinajstić information content (AvgIpc) is 2.73. The minimum Gasteiger partial charge on any atom is -0.389 e. The minimum absolute atomic E-state index is 0.122. The number of aromatic nitrogens is 1. The lowest BCUT2D eigenvalue weighted by Crippen LogP contribution is -2.15. The Morgan fingerprint density at radius 2 is 2.05 bits per heavy atom. The van der Waals surface area contributed by atoms with Crippen LogP contribution in [0.3, 0.4) is 0 Å². The van der Waals surface area contributed by atoms with E-state index in [4.69, 9.17) is 18.0 Å². The van der Waals surface area contributed by atoms with E-state index in [0.717, 1.165) is 4.88 Å². The van der Waals surface area contributed by atoms with Crippen molar-refractivity contribution in [1.82, 2.24) is 4.98 Å². The lowest BCUT2D eigenvalue weighted by molar-refractivity contribution is 0.600. The SMILES string of the molecule is Cc1cnc(NS(=O)(=O)Cc2ccc(C(N)=S)cc2)s1. The number of anilines is 1. The molecule has 0 aliphatic carbocycles. The maximum Gasteiger partial charge on any atom is 0.238 e. The van der Waals surface area contributed by atoms with Gasteiger partial charge in [-0.05, 0) is 12.5 Å². The Bertz CT molecular complexity index is 721. The molecule has 0 radical (unpaired) electrons. The number of thiocarbonyl (C=S) groups is 1. The summed E-state index contributed by atoms with van der Waals surface area (Å²) in [5.41, 5.74) is 6.86. The van der Waals surface area contributed by atoms with E-state index in [0.29, 0.717) is 16.3 Å². The van der Waals surface area contributed by atoms with Crippen LogP contribution in [0.25, 0.3) is 0 Å². The molecule has 0 saturated heterocycles. The van der Waals surface area contributed by atoms with Crippen LogP contribution >= 0.6 is 23.6 Å². The summed E-state index contributed by atoms with van der Waals surface area (Å²) in [6.45, 7) is 1.86. The van der Waals surface area contributed by atoms with Crippen LogP contribution in [0.1, 0.15) is 16.0 Å². The second kappa shape index (κ2) is 5.86. The molecule has 0 unspecified atom stereocenters. The van der Waals surface area contributed by atoms with Gasteiger partial charge in [-0.2, -0.15) is 0 Å². The lowest BCUT2D eigenvalue weighted by Gasteiger charge is -2.06. The Balaban J connectivity index is 2.09. The first-order valence-electron chi connectivity index (χ1n) is 5.67.